The van der Waals surface area contributed by atoms with Crippen LogP contribution in [0, 0.1) is 0 Å². The van der Waals surface area contributed by atoms with Gasteiger partial charge in [-0.15, -0.1) is 0 Å². The molecule has 0 fully saturated rings. The molecule has 2 aromatic rings. The lowest BCUT2D eigenvalue weighted by Crippen LogP contribution is -2.32. The molecular weight excluding hydrogens is 246 g/mol. The zero-order valence-electron chi connectivity index (χ0n) is 12.3. The molecule has 0 spiro atoms. The van der Waals surface area contributed by atoms with Gasteiger partial charge in [-0.3, -0.25) is 4.98 Å². The van der Waals surface area contributed by atoms with Gasteiger partial charge in [0.15, 0.2) is 0 Å². The molecule has 2 rings (SSSR count). The lowest BCUT2D eigenvalue weighted by Gasteiger charge is -2.24. The van der Waals surface area contributed by atoms with Crippen LogP contribution in [0.15, 0.2) is 54.7 Å². The van der Waals surface area contributed by atoms with Crippen LogP contribution in [0.2, 0.25) is 0 Å². The van der Waals surface area contributed by atoms with Crippen LogP contribution in [0.5, 0.6) is 0 Å². The molecule has 0 aliphatic carbocycles. The third kappa shape index (κ3) is 4.44. The monoisotopic (exact) mass is 269 g/mol. The Labute approximate surface area is 121 Å². The highest BCUT2D eigenvalue weighted by molar-refractivity contribution is 5.19. The first-order valence-electron chi connectivity index (χ1n) is 7.10. The second kappa shape index (κ2) is 7.78. The zero-order valence-corrected chi connectivity index (χ0v) is 12.3. The van der Waals surface area contributed by atoms with Crippen LogP contribution in [0.3, 0.4) is 0 Å². The summed E-state index contributed by atoms with van der Waals surface area (Å²) in [6, 6.07) is 17.0. The second-order valence-corrected chi connectivity index (χ2v) is 5.09. The summed E-state index contributed by atoms with van der Waals surface area (Å²) in [6.07, 6.45) is 2.85. The van der Waals surface area contributed by atoms with Crippen molar-refractivity contribution in [2.45, 2.75) is 12.5 Å². The summed E-state index contributed by atoms with van der Waals surface area (Å²) in [5.41, 5.74) is 2.49. The number of aromatic nitrogens is 1. The maximum Gasteiger partial charge on any atom is 0.0446 e. The molecule has 1 atom stereocenters. The fourth-order valence-corrected chi connectivity index (χ4v) is 2.30. The van der Waals surface area contributed by atoms with Gasteiger partial charge in [-0.05, 0) is 31.8 Å². The maximum absolute atomic E-state index is 4.37. The first-order chi connectivity index (χ1) is 9.79. The summed E-state index contributed by atoms with van der Waals surface area (Å²) in [5.74, 6) is 0. The lowest BCUT2D eigenvalue weighted by molar-refractivity contribution is 0.299. The van der Waals surface area contributed by atoms with E-state index in [4.69, 9.17) is 0 Å². The van der Waals surface area contributed by atoms with Crippen molar-refractivity contribution < 1.29 is 0 Å². The summed E-state index contributed by atoms with van der Waals surface area (Å²) in [5, 5.41) is 3.39. The van der Waals surface area contributed by atoms with Gasteiger partial charge in [0.2, 0.25) is 0 Å². The smallest absolute Gasteiger partial charge is 0.0446 e. The number of likely N-dealkylation sites (N-methyl/N-ethyl adjacent to an activating group) is 2. The number of benzene rings is 1. The first-order valence-corrected chi connectivity index (χ1v) is 7.10. The van der Waals surface area contributed by atoms with Crippen molar-refractivity contribution in [3.05, 3.63) is 66.0 Å². The molecule has 106 valence electrons. The van der Waals surface area contributed by atoms with Gasteiger partial charge in [-0.1, -0.05) is 36.4 Å². The predicted octanol–water partition coefficient (Wildman–Crippen LogP) is 2.52. The van der Waals surface area contributed by atoms with E-state index in [0.717, 1.165) is 25.2 Å². The third-order valence-corrected chi connectivity index (χ3v) is 3.52. The van der Waals surface area contributed by atoms with Crippen LogP contribution in [0.1, 0.15) is 17.3 Å². The summed E-state index contributed by atoms with van der Waals surface area (Å²) in [7, 11) is 4.18. The van der Waals surface area contributed by atoms with E-state index in [0.29, 0.717) is 6.04 Å². The molecule has 20 heavy (non-hydrogen) atoms. The molecule has 1 unspecified atom stereocenters. The van der Waals surface area contributed by atoms with Gasteiger partial charge in [0, 0.05) is 37.4 Å². The molecule has 0 saturated carbocycles. The topological polar surface area (TPSA) is 28.2 Å². The van der Waals surface area contributed by atoms with Crippen molar-refractivity contribution in [2.75, 3.05) is 27.2 Å². The van der Waals surface area contributed by atoms with Crippen LogP contribution in [0.4, 0.5) is 0 Å². The summed E-state index contributed by atoms with van der Waals surface area (Å²) >= 11 is 0. The summed E-state index contributed by atoms with van der Waals surface area (Å²) in [6.45, 7) is 2.01. The van der Waals surface area contributed by atoms with Gasteiger partial charge in [0.25, 0.3) is 0 Å². The van der Waals surface area contributed by atoms with Crippen LogP contribution in [-0.2, 0) is 6.42 Å². The predicted molar refractivity (Wildman–Crippen MR) is 83.7 cm³/mol. The van der Waals surface area contributed by atoms with E-state index in [9.17, 15) is 0 Å². The van der Waals surface area contributed by atoms with Crippen LogP contribution < -0.4 is 5.32 Å². The third-order valence-electron chi connectivity index (χ3n) is 3.52. The highest BCUT2D eigenvalue weighted by atomic mass is 15.1. The van der Waals surface area contributed by atoms with E-state index in [1.165, 1.54) is 5.56 Å². The van der Waals surface area contributed by atoms with Crippen LogP contribution in [0.25, 0.3) is 0 Å². The van der Waals surface area contributed by atoms with E-state index in [1.807, 2.05) is 25.4 Å². The quantitative estimate of drug-likeness (QED) is 0.837. The van der Waals surface area contributed by atoms with Crippen LogP contribution >= 0.6 is 0 Å². The Hall–Kier alpha value is -1.71. The number of nitrogens with zero attached hydrogens (tertiary/aromatic N) is 2. The normalized spacial score (nSPS) is 12.6. The van der Waals surface area contributed by atoms with Crippen molar-refractivity contribution in [3.63, 3.8) is 0 Å². The second-order valence-electron chi connectivity index (χ2n) is 5.09. The average Bonchev–Trinajstić information content (AvgIpc) is 2.52. The van der Waals surface area contributed by atoms with E-state index >= 15 is 0 Å². The fraction of sp³-hybridized carbons (Fsp3) is 0.353. The Bertz CT molecular complexity index is 484. The van der Waals surface area contributed by atoms with Crippen molar-refractivity contribution in [1.82, 2.24) is 15.2 Å². The molecule has 3 nitrogen and oxygen atoms in total. The van der Waals surface area contributed by atoms with Crippen molar-refractivity contribution >= 4 is 0 Å². The van der Waals surface area contributed by atoms with Gasteiger partial charge in [-0.2, -0.15) is 0 Å². The Kier molecular flexibility index (Phi) is 5.71. The number of nitrogens with one attached hydrogen (secondary N) is 1. The zero-order chi connectivity index (χ0) is 14.2. The molecule has 0 amide bonds. The standard InChI is InChI=1S/C17H23N3/c1-18-17(15-8-4-3-5-9-15)14-20(2)13-11-16-10-6-7-12-19-16/h3-10,12,17-18H,11,13-14H2,1-2H3. The molecule has 1 aromatic carbocycles. The molecule has 1 N–H and O–H groups in total. The Morgan fingerprint density at radius 1 is 1.10 bits per heavy atom. The lowest BCUT2D eigenvalue weighted by atomic mass is 10.1. The minimum absolute atomic E-state index is 0.366. The van der Waals surface area contributed by atoms with Crippen LogP contribution in [-0.4, -0.2) is 37.1 Å². The minimum Gasteiger partial charge on any atom is -0.312 e. The number of hydrogen-bond acceptors (Lipinski definition) is 3. The maximum atomic E-state index is 4.37. The van der Waals surface area contributed by atoms with Crippen molar-refractivity contribution in [2.24, 2.45) is 0 Å². The average molecular weight is 269 g/mol. The Morgan fingerprint density at radius 2 is 1.85 bits per heavy atom. The number of rotatable bonds is 7. The molecular formula is C17H23N3. The minimum atomic E-state index is 0.366. The van der Waals surface area contributed by atoms with Crippen molar-refractivity contribution in [1.29, 1.82) is 0 Å². The van der Waals surface area contributed by atoms with E-state index < -0.39 is 0 Å². The Morgan fingerprint density at radius 3 is 2.50 bits per heavy atom. The first kappa shape index (κ1) is 14.7. The highest BCUT2D eigenvalue weighted by Crippen LogP contribution is 2.13. The molecule has 1 aromatic heterocycles. The molecule has 0 bridgehead atoms. The molecule has 0 saturated heterocycles. The molecule has 1 heterocycles. The molecule has 0 aliphatic heterocycles. The van der Waals surface area contributed by atoms with Crippen molar-refractivity contribution in [3.8, 4) is 0 Å². The summed E-state index contributed by atoms with van der Waals surface area (Å²) in [4.78, 5) is 6.72. The largest absolute Gasteiger partial charge is 0.312 e. The van der Waals surface area contributed by atoms with Gasteiger partial charge in [-0.25, -0.2) is 0 Å². The SMILES string of the molecule is CNC(CN(C)CCc1ccccn1)c1ccccc1. The molecule has 0 radical (unpaired) electrons. The van der Waals surface area contributed by atoms with Gasteiger partial charge < -0.3 is 10.2 Å². The number of pyridine rings is 1. The molecule has 3 heteroatoms. The van der Waals surface area contributed by atoms with Gasteiger partial charge >= 0.3 is 0 Å². The van der Waals surface area contributed by atoms with Gasteiger partial charge in [0.05, 0.1) is 0 Å². The van der Waals surface area contributed by atoms with E-state index in [1.54, 1.807) is 0 Å². The Balaban J connectivity index is 1.85. The molecule has 0 aliphatic rings. The highest BCUT2D eigenvalue weighted by Gasteiger charge is 2.11. The van der Waals surface area contributed by atoms with E-state index in [-0.39, 0.29) is 0 Å². The van der Waals surface area contributed by atoms with Gasteiger partial charge in [0.1, 0.15) is 0 Å². The summed E-state index contributed by atoms with van der Waals surface area (Å²) < 4.78 is 0. The fourth-order valence-electron chi connectivity index (χ4n) is 2.30. The number of hydrogen-bond donors (Lipinski definition) is 1. The van der Waals surface area contributed by atoms with E-state index in [2.05, 4.69) is 58.6 Å².